The fraction of sp³-hybridized carbons (Fsp3) is 0.480. The largest absolute Gasteiger partial charge is 0.360 e. The van der Waals surface area contributed by atoms with E-state index in [1.807, 2.05) is 19.9 Å². The molecule has 32 heavy (non-hydrogen) atoms. The highest BCUT2D eigenvalue weighted by molar-refractivity contribution is 7.80. The van der Waals surface area contributed by atoms with E-state index in [1.165, 1.54) is 5.57 Å². The third kappa shape index (κ3) is 3.77. The Morgan fingerprint density at radius 3 is 2.66 bits per heavy atom. The number of ketones is 1. The molecule has 0 radical (unpaired) electrons. The highest BCUT2D eigenvalue weighted by atomic mass is 32.1. The van der Waals surface area contributed by atoms with Gasteiger partial charge >= 0.3 is 0 Å². The van der Waals surface area contributed by atoms with E-state index in [1.54, 1.807) is 11.1 Å². The zero-order chi connectivity index (χ0) is 22.9. The molecule has 4 rings (SSSR count). The lowest BCUT2D eigenvalue weighted by molar-refractivity contribution is -0.128. The van der Waals surface area contributed by atoms with E-state index in [-0.39, 0.29) is 5.91 Å². The maximum Gasteiger partial charge on any atom is 0.272 e. The van der Waals surface area contributed by atoms with Gasteiger partial charge in [0.2, 0.25) is 0 Å². The van der Waals surface area contributed by atoms with E-state index >= 15 is 0 Å². The maximum atomic E-state index is 13.6. The Bertz CT molecular complexity index is 1080. The highest BCUT2D eigenvalue weighted by Crippen LogP contribution is 2.48. The summed E-state index contributed by atoms with van der Waals surface area (Å²) in [6, 6.07) is 1.82. The molecule has 1 aromatic heterocycles. The van der Waals surface area contributed by atoms with E-state index in [0.717, 1.165) is 56.2 Å². The molecule has 1 saturated carbocycles. The molecule has 3 aliphatic rings. The highest BCUT2D eigenvalue weighted by Gasteiger charge is 2.60. The number of aryl methyl sites for hydroxylation is 1. The van der Waals surface area contributed by atoms with E-state index in [9.17, 15) is 9.59 Å². The number of anilines is 1. The van der Waals surface area contributed by atoms with Gasteiger partial charge in [-0.15, -0.1) is 4.98 Å². The van der Waals surface area contributed by atoms with Crippen molar-refractivity contribution in [3.05, 3.63) is 52.7 Å². The normalized spacial score (nSPS) is 19.5. The minimum Gasteiger partial charge on any atom is -0.360 e. The standard InChI is InChI=1S/C25H28N4O2S/c1-4-21(30)8-5-7-18-9-11-19(12-10-18)29-24(32)28(23(31)25(29)13-6-14-25)20-15-17(2)22(26-3)27-16-20/h9,11,15-16H,4-8,10,12-14H2,1-2H3. The van der Waals surface area contributed by atoms with Crippen molar-refractivity contribution in [2.24, 2.45) is 0 Å². The first kappa shape index (κ1) is 22.3. The van der Waals surface area contributed by atoms with Gasteiger partial charge in [-0.2, -0.15) is 0 Å². The van der Waals surface area contributed by atoms with Gasteiger partial charge < -0.3 is 9.74 Å². The molecular weight excluding hydrogens is 420 g/mol. The second-order valence-corrected chi connectivity index (χ2v) is 9.18. The van der Waals surface area contributed by atoms with Crippen LogP contribution in [0, 0.1) is 13.5 Å². The first-order valence-electron chi connectivity index (χ1n) is 11.3. The van der Waals surface area contributed by atoms with Gasteiger partial charge in [0.15, 0.2) is 5.11 Å². The third-order valence-corrected chi connectivity index (χ3v) is 7.21. The van der Waals surface area contributed by atoms with E-state index < -0.39 is 5.54 Å². The molecule has 1 aromatic rings. The summed E-state index contributed by atoms with van der Waals surface area (Å²) in [6.07, 6.45) is 13.3. The Morgan fingerprint density at radius 2 is 2.09 bits per heavy atom. The predicted octanol–water partition coefficient (Wildman–Crippen LogP) is 5.55. The molecule has 1 saturated heterocycles. The summed E-state index contributed by atoms with van der Waals surface area (Å²) in [5, 5.41) is 0.503. The number of pyridine rings is 1. The summed E-state index contributed by atoms with van der Waals surface area (Å²) in [6.45, 7) is 11.0. The van der Waals surface area contributed by atoms with Crippen molar-refractivity contribution in [1.82, 2.24) is 9.88 Å². The van der Waals surface area contributed by atoms with Crippen LogP contribution in [0.1, 0.15) is 70.3 Å². The van der Waals surface area contributed by atoms with Crippen LogP contribution in [0.2, 0.25) is 0 Å². The van der Waals surface area contributed by atoms with Gasteiger partial charge in [0.1, 0.15) is 17.5 Å². The van der Waals surface area contributed by atoms with E-state index in [2.05, 4.69) is 26.9 Å². The minimum absolute atomic E-state index is 0.0132. The number of allylic oxidation sites excluding steroid dienone is 4. The lowest BCUT2D eigenvalue weighted by Gasteiger charge is -2.44. The van der Waals surface area contributed by atoms with Crippen LogP contribution in [0.5, 0.6) is 0 Å². The number of amides is 1. The van der Waals surface area contributed by atoms with Crippen LogP contribution in [0.25, 0.3) is 4.85 Å². The number of Topliss-reactive ketones (excluding diaryl/α,β-unsaturated/α-hetero) is 1. The number of hydrogen-bond acceptors (Lipinski definition) is 4. The molecular formula is C25H28N4O2S. The molecule has 1 amide bonds. The summed E-state index contributed by atoms with van der Waals surface area (Å²) in [5.41, 5.74) is 3.21. The lowest BCUT2D eigenvalue weighted by Crippen LogP contribution is -2.54. The first-order chi connectivity index (χ1) is 15.4. The molecule has 2 fully saturated rings. The van der Waals surface area contributed by atoms with Crippen molar-refractivity contribution in [1.29, 1.82) is 0 Å². The Hall–Kier alpha value is -2.85. The van der Waals surface area contributed by atoms with Gasteiger partial charge in [0.25, 0.3) is 11.7 Å². The summed E-state index contributed by atoms with van der Waals surface area (Å²) >= 11 is 5.84. The fourth-order valence-electron chi connectivity index (χ4n) is 4.79. The molecule has 2 heterocycles. The molecule has 0 N–H and O–H groups in total. The molecule has 1 spiro atoms. The second kappa shape index (κ2) is 8.95. The zero-order valence-electron chi connectivity index (χ0n) is 18.7. The number of hydrogen-bond donors (Lipinski definition) is 0. The summed E-state index contributed by atoms with van der Waals surface area (Å²) < 4.78 is 0. The van der Waals surface area contributed by atoms with Crippen LogP contribution in [-0.2, 0) is 9.59 Å². The van der Waals surface area contributed by atoms with Crippen molar-refractivity contribution in [2.75, 3.05) is 4.90 Å². The maximum absolute atomic E-state index is 13.6. The second-order valence-electron chi connectivity index (χ2n) is 8.82. The molecule has 6 nitrogen and oxygen atoms in total. The summed E-state index contributed by atoms with van der Waals surface area (Å²) in [7, 11) is 0. The quantitative estimate of drug-likeness (QED) is 0.404. The molecule has 1 aliphatic heterocycles. The van der Waals surface area contributed by atoms with Crippen LogP contribution in [0.15, 0.2) is 35.7 Å². The van der Waals surface area contributed by atoms with Gasteiger partial charge in [0, 0.05) is 18.5 Å². The first-order valence-corrected chi connectivity index (χ1v) is 11.7. The molecule has 0 aromatic carbocycles. The Morgan fingerprint density at radius 1 is 1.31 bits per heavy atom. The molecule has 2 aliphatic carbocycles. The van der Waals surface area contributed by atoms with E-state index in [4.69, 9.17) is 18.8 Å². The van der Waals surface area contributed by atoms with E-state index in [0.29, 0.717) is 35.2 Å². The molecule has 0 atom stereocenters. The minimum atomic E-state index is -0.589. The number of thiocarbonyl (C=S) groups is 1. The van der Waals surface area contributed by atoms with Crippen LogP contribution in [0.3, 0.4) is 0 Å². The Kier molecular flexibility index (Phi) is 6.25. The number of carbonyl (C=O) groups excluding carboxylic acids is 2. The monoisotopic (exact) mass is 448 g/mol. The average molecular weight is 449 g/mol. The van der Waals surface area contributed by atoms with Crippen LogP contribution < -0.4 is 4.90 Å². The van der Waals surface area contributed by atoms with Gasteiger partial charge in [-0.05, 0) is 81.8 Å². The predicted molar refractivity (Wildman–Crippen MR) is 128 cm³/mol. The SMILES string of the molecule is [C-]#[N+]c1ncc(N2C(=O)C3(CCC3)N(C3=CC=C(CCCC(=O)CC)CC3)C2=S)cc1C. The number of carbonyl (C=O) groups is 2. The zero-order valence-corrected chi connectivity index (χ0v) is 19.5. The average Bonchev–Trinajstić information content (AvgIpc) is 3.00. The van der Waals surface area contributed by atoms with Gasteiger partial charge in [-0.3, -0.25) is 14.5 Å². The molecule has 7 heteroatoms. The molecule has 0 bridgehead atoms. The van der Waals surface area contributed by atoms with Crippen LogP contribution in [-0.4, -0.2) is 32.2 Å². The smallest absolute Gasteiger partial charge is 0.272 e. The summed E-state index contributed by atoms with van der Waals surface area (Å²) in [4.78, 5) is 36.5. The van der Waals surface area contributed by atoms with Gasteiger partial charge in [-0.25, -0.2) is 0 Å². The van der Waals surface area contributed by atoms with Crippen molar-refractivity contribution < 1.29 is 9.59 Å². The molecule has 166 valence electrons. The topological polar surface area (TPSA) is 57.9 Å². The summed E-state index contributed by atoms with van der Waals surface area (Å²) in [5.74, 6) is 0.675. The lowest BCUT2D eigenvalue weighted by atomic mass is 9.75. The number of nitrogens with zero attached hydrogens (tertiary/aromatic N) is 4. The molecule has 0 unspecified atom stereocenters. The van der Waals surface area contributed by atoms with Crippen molar-refractivity contribution in [2.45, 2.75) is 77.2 Å². The van der Waals surface area contributed by atoms with Crippen LogP contribution in [0.4, 0.5) is 11.5 Å². The Labute approximate surface area is 194 Å². The van der Waals surface area contributed by atoms with Gasteiger partial charge in [-0.1, -0.05) is 25.1 Å². The van der Waals surface area contributed by atoms with Gasteiger partial charge in [0.05, 0.1) is 5.69 Å². The number of rotatable bonds is 7. The van der Waals surface area contributed by atoms with Crippen molar-refractivity contribution in [3.63, 3.8) is 0 Å². The van der Waals surface area contributed by atoms with Crippen molar-refractivity contribution >= 4 is 40.5 Å². The van der Waals surface area contributed by atoms with Crippen molar-refractivity contribution in [3.8, 4) is 0 Å². The number of aromatic nitrogens is 1. The third-order valence-electron chi connectivity index (χ3n) is 6.84. The fourth-order valence-corrected chi connectivity index (χ4v) is 5.27. The van der Waals surface area contributed by atoms with Crippen LogP contribution >= 0.6 is 12.2 Å². The Balaban J connectivity index is 1.57.